The van der Waals surface area contributed by atoms with Crippen molar-refractivity contribution in [2.45, 2.75) is 38.8 Å². The summed E-state index contributed by atoms with van der Waals surface area (Å²) in [6.45, 7) is 5.03. The van der Waals surface area contributed by atoms with Crippen LogP contribution in [0.4, 0.5) is 11.4 Å². The van der Waals surface area contributed by atoms with Crippen LogP contribution >= 0.6 is 11.6 Å². The van der Waals surface area contributed by atoms with Crippen LogP contribution in [0, 0.1) is 16.0 Å². The number of nitro groups is 1. The van der Waals surface area contributed by atoms with E-state index in [4.69, 9.17) is 16.3 Å². The fraction of sp³-hybridized carbons (Fsp3) is 0.571. The van der Waals surface area contributed by atoms with E-state index < -0.39 is 4.92 Å². The minimum atomic E-state index is -0.477. The van der Waals surface area contributed by atoms with E-state index in [1.807, 2.05) is 0 Å². The summed E-state index contributed by atoms with van der Waals surface area (Å²) >= 11 is 5.91. The van der Waals surface area contributed by atoms with E-state index in [2.05, 4.69) is 19.2 Å². The topological polar surface area (TPSA) is 64.4 Å². The lowest BCUT2D eigenvalue weighted by atomic mass is 9.95. The number of hydrogen-bond acceptors (Lipinski definition) is 4. The van der Waals surface area contributed by atoms with Crippen LogP contribution in [-0.4, -0.2) is 23.7 Å². The van der Waals surface area contributed by atoms with Crippen LogP contribution in [0.5, 0.6) is 0 Å². The molecule has 110 valence electrons. The van der Waals surface area contributed by atoms with Gasteiger partial charge in [0, 0.05) is 24.4 Å². The maximum atomic E-state index is 10.7. The van der Waals surface area contributed by atoms with Gasteiger partial charge in [0.05, 0.1) is 11.0 Å². The summed E-state index contributed by atoms with van der Waals surface area (Å²) in [5.74, 6) is 0.486. The summed E-state index contributed by atoms with van der Waals surface area (Å²) in [4.78, 5) is 10.2. The molecule has 2 rings (SSSR count). The molecule has 0 radical (unpaired) electrons. The highest BCUT2D eigenvalue weighted by molar-refractivity contribution is 6.32. The maximum absolute atomic E-state index is 10.7. The Balaban J connectivity index is 2.03. The van der Waals surface area contributed by atoms with Crippen LogP contribution in [-0.2, 0) is 4.74 Å². The summed E-state index contributed by atoms with van der Waals surface area (Å²) < 4.78 is 5.73. The number of nitrogens with zero attached hydrogens (tertiary/aromatic N) is 1. The quantitative estimate of drug-likeness (QED) is 0.677. The van der Waals surface area contributed by atoms with E-state index in [0.717, 1.165) is 25.1 Å². The van der Waals surface area contributed by atoms with Gasteiger partial charge in [0.1, 0.15) is 5.02 Å². The molecule has 1 N–H and O–H groups in total. The molecule has 0 saturated carbocycles. The largest absolute Gasteiger partial charge is 0.382 e. The molecule has 5 nitrogen and oxygen atoms in total. The highest BCUT2D eigenvalue weighted by atomic mass is 35.5. The van der Waals surface area contributed by atoms with E-state index in [9.17, 15) is 10.1 Å². The molecule has 1 aliphatic rings. The molecule has 1 saturated heterocycles. The predicted molar refractivity (Wildman–Crippen MR) is 79.3 cm³/mol. The zero-order valence-electron chi connectivity index (χ0n) is 11.6. The first-order valence-corrected chi connectivity index (χ1v) is 7.17. The van der Waals surface area contributed by atoms with Crippen molar-refractivity contribution in [1.82, 2.24) is 0 Å². The number of nitrogens with one attached hydrogen (secondary N) is 1. The zero-order valence-corrected chi connectivity index (χ0v) is 12.4. The number of benzene rings is 1. The smallest absolute Gasteiger partial charge is 0.288 e. The Morgan fingerprint density at radius 2 is 2.25 bits per heavy atom. The van der Waals surface area contributed by atoms with Crippen LogP contribution in [0.1, 0.15) is 26.7 Å². The van der Waals surface area contributed by atoms with Gasteiger partial charge in [-0.25, -0.2) is 0 Å². The van der Waals surface area contributed by atoms with Crippen molar-refractivity contribution in [3.05, 3.63) is 33.3 Å². The fourth-order valence-electron chi connectivity index (χ4n) is 2.40. The van der Waals surface area contributed by atoms with E-state index >= 15 is 0 Å². The minimum absolute atomic E-state index is 0.0655. The Morgan fingerprint density at radius 3 is 2.85 bits per heavy atom. The molecular weight excluding hydrogens is 280 g/mol. The van der Waals surface area contributed by atoms with Gasteiger partial charge in [0.2, 0.25) is 0 Å². The summed E-state index contributed by atoms with van der Waals surface area (Å²) in [5.41, 5.74) is 0.749. The lowest BCUT2D eigenvalue weighted by Crippen LogP contribution is -2.36. The average Bonchev–Trinajstić information content (AvgIpc) is 2.38. The molecule has 1 aromatic rings. The van der Waals surface area contributed by atoms with Crippen LogP contribution < -0.4 is 5.32 Å². The molecule has 0 spiro atoms. The lowest BCUT2D eigenvalue weighted by molar-refractivity contribution is -0.384. The van der Waals surface area contributed by atoms with E-state index in [-0.39, 0.29) is 16.8 Å². The normalized spacial score (nSPS) is 22.8. The second-order valence-corrected chi connectivity index (χ2v) is 5.85. The van der Waals surface area contributed by atoms with Gasteiger partial charge in [-0.1, -0.05) is 25.4 Å². The zero-order chi connectivity index (χ0) is 14.7. The number of nitro benzene ring substituents is 1. The summed E-state index contributed by atoms with van der Waals surface area (Å²) in [6, 6.07) is 5.06. The molecule has 6 heteroatoms. The van der Waals surface area contributed by atoms with Crippen molar-refractivity contribution in [3.8, 4) is 0 Å². The number of rotatable bonds is 4. The van der Waals surface area contributed by atoms with Crippen molar-refractivity contribution >= 4 is 23.0 Å². The first-order chi connectivity index (χ1) is 9.47. The lowest BCUT2D eigenvalue weighted by Gasteiger charge is -2.33. The Bertz CT molecular complexity index is 493. The monoisotopic (exact) mass is 298 g/mol. The van der Waals surface area contributed by atoms with Crippen molar-refractivity contribution in [3.63, 3.8) is 0 Å². The van der Waals surface area contributed by atoms with Gasteiger partial charge in [0.25, 0.3) is 5.69 Å². The van der Waals surface area contributed by atoms with Gasteiger partial charge >= 0.3 is 0 Å². The van der Waals surface area contributed by atoms with Crippen LogP contribution in [0.15, 0.2) is 18.2 Å². The Labute approximate surface area is 123 Å². The molecule has 2 atom stereocenters. The standard InChI is InChI=1S/C14H19ClN2O3/c1-9(2)14-8-11(5-6-20-14)16-10-3-4-13(17(18)19)12(15)7-10/h3-4,7,9,11,14,16H,5-6,8H2,1-2H3. The van der Waals surface area contributed by atoms with Crippen molar-refractivity contribution in [2.75, 3.05) is 11.9 Å². The highest BCUT2D eigenvalue weighted by Gasteiger charge is 2.25. The SMILES string of the molecule is CC(C)C1CC(Nc2ccc([N+](=O)[O-])c(Cl)c2)CCO1. The third-order valence-corrected chi connectivity index (χ3v) is 3.88. The number of hydrogen-bond donors (Lipinski definition) is 1. The van der Waals surface area contributed by atoms with Crippen LogP contribution in [0.2, 0.25) is 5.02 Å². The van der Waals surface area contributed by atoms with Crippen molar-refractivity contribution in [2.24, 2.45) is 5.92 Å². The average molecular weight is 299 g/mol. The Kier molecular flexibility index (Phi) is 4.83. The van der Waals surface area contributed by atoms with Crippen LogP contribution in [0.25, 0.3) is 0 Å². The predicted octanol–water partition coefficient (Wildman–Crippen LogP) is 3.86. The second kappa shape index (κ2) is 6.41. The highest BCUT2D eigenvalue weighted by Crippen LogP contribution is 2.29. The third-order valence-electron chi connectivity index (χ3n) is 3.57. The molecule has 1 heterocycles. The summed E-state index contributed by atoms with van der Waals surface area (Å²) in [7, 11) is 0. The molecule has 2 unspecified atom stereocenters. The van der Waals surface area contributed by atoms with E-state index in [0.29, 0.717) is 12.0 Å². The van der Waals surface area contributed by atoms with Gasteiger partial charge in [-0.15, -0.1) is 0 Å². The molecular formula is C14H19ClN2O3. The fourth-order valence-corrected chi connectivity index (χ4v) is 2.65. The third kappa shape index (κ3) is 3.61. The minimum Gasteiger partial charge on any atom is -0.382 e. The molecule has 0 aliphatic carbocycles. The Hall–Kier alpha value is -1.33. The van der Waals surface area contributed by atoms with E-state index in [1.54, 1.807) is 12.1 Å². The molecule has 0 bridgehead atoms. The molecule has 1 aromatic carbocycles. The molecule has 1 aliphatic heterocycles. The first-order valence-electron chi connectivity index (χ1n) is 6.79. The molecule has 1 fully saturated rings. The Morgan fingerprint density at radius 1 is 1.50 bits per heavy atom. The first kappa shape index (κ1) is 15.1. The maximum Gasteiger partial charge on any atom is 0.288 e. The van der Waals surface area contributed by atoms with E-state index in [1.165, 1.54) is 6.07 Å². The van der Waals surface area contributed by atoms with Crippen LogP contribution in [0.3, 0.4) is 0 Å². The molecule has 0 aromatic heterocycles. The van der Waals surface area contributed by atoms with Crippen molar-refractivity contribution < 1.29 is 9.66 Å². The van der Waals surface area contributed by atoms with Gasteiger partial charge < -0.3 is 10.1 Å². The molecule has 0 amide bonds. The van der Waals surface area contributed by atoms with Gasteiger partial charge in [-0.3, -0.25) is 10.1 Å². The summed E-state index contributed by atoms with van der Waals surface area (Å²) in [6.07, 6.45) is 2.12. The van der Waals surface area contributed by atoms with Crippen molar-refractivity contribution in [1.29, 1.82) is 0 Å². The number of anilines is 1. The molecule has 20 heavy (non-hydrogen) atoms. The van der Waals surface area contributed by atoms with Gasteiger partial charge in [-0.05, 0) is 30.9 Å². The number of halogens is 1. The second-order valence-electron chi connectivity index (χ2n) is 5.44. The summed E-state index contributed by atoms with van der Waals surface area (Å²) in [5, 5.41) is 14.3. The van der Waals surface area contributed by atoms with Gasteiger partial charge in [0.15, 0.2) is 0 Å². The number of ether oxygens (including phenoxy) is 1. The van der Waals surface area contributed by atoms with Gasteiger partial charge in [-0.2, -0.15) is 0 Å².